The number of unbranched alkanes of at least 4 members (excludes halogenated alkanes) is 6. The molecule has 0 aromatic heterocycles. The van der Waals surface area contributed by atoms with Gasteiger partial charge in [0.1, 0.15) is 0 Å². The molecule has 16 heavy (non-hydrogen) atoms. The summed E-state index contributed by atoms with van der Waals surface area (Å²) in [6.45, 7) is 6.91. The standard InChI is InChI=1S/C14H28NO/c1-4-6-8-9-11-13-15(3)14(16)12-10-7-5-2/h1,4-13H2,2-3H3. The fourth-order valence-electron chi connectivity index (χ4n) is 1.72. The zero-order valence-electron chi connectivity index (χ0n) is 11.1. The van der Waals surface area contributed by atoms with Gasteiger partial charge in [0.05, 0.1) is 0 Å². The van der Waals surface area contributed by atoms with E-state index in [1.54, 1.807) is 0 Å². The topological polar surface area (TPSA) is 20.3 Å². The average molecular weight is 226 g/mol. The van der Waals surface area contributed by atoms with Gasteiger partial charge < -0.3 is 4.90 Å². The molecule has 95 valence electrons. The van der Waals surface area contributed by atoms with Crippen LogP contribution in [0.5, 0.6) is 0 Å². The van der Waals surface area contributed by atoms with E-state index in [-0.39, 0.29) is 0 Å². The van der Waals surface area contributed by atoms with Gasteiger partial charge in [-0.15, -0.1) is 0 Å². The lowest BCUT2D eigenvalue weighted by Gasteiger charge is -2.16. The highest BCUT2D eigenvalue weighted by Gasteiger charge is 2.06. The minimum Gasteiger partial charge on any atom is -0.346 e. The van der Waals surface area contributed by atoms with E-state index in [0.29, 0.717) is 5.91 Å². The van der Waals surface area contributed by atoms with Crippen molar-refractivity contribution in [2.75, 3.05) is 13.6 Å². The highest BCUT2D eigenvalue weighted by atomic mass is 16.2. The predicted molar refractivity (Wildman–Crippen MR) is 70.2 cm³/mol. The lowest BCUT2D eigenvalue weighted by Crippen LogP contribution is -2.27. The van der Waals surface area contributed by atoms with Crippen molar-refractivity contribution in [1.29, 1.82) is 0 Å². The minimum absolute atomic E-state index is 0.311. The third-order valence-corrected chi connectivity index (χ3v) is 2.91. The number of hydrogen-bond acceptors (Lipinski definition) is 1. The SMILES string of the molecule is [CH2]CCCCCCN(C)C(=O)CCCCC. The molecule has 2 nitrogen and oxygen atoms in total. The minimum atomic E-state index is 0.311. The van der Waals surface area contributed by atoms with Gasteiger partial charge in [0, 0.05) is 20.0 Å². The Kier molecular flexibility index (Phi) is 10.6. The molecule has 0 aliphatic rings. The van der Waals surface area contributed by atoms with Crippen LogP contribution in [0.2, 0.25) is 0 Å². The van der Waals surface area contributed by atoms with Crippen LogP contribution in [0.15, 0.2) is 0 Å². The summed E-state index contributed by atoms with van der Waals surface area (Å²) in [6, 6.07) is 0. The molecule has 0 aromatic rings. The summed E-state index contributed by atoms with van der Waals surface area (Å²) in [5.41, 5.74) is 0. The molecular weight excluding hydrogens is 198 g/mol. The van der Waals surface area contributed by atoms with E-state index in [0.717, 1.165) is 32.2 Å². The first-order valence-electron chi connectivity index (χ1n) is 6.75. The summed E-state index contributed by atoms with van der Waals surface area (Å²) in [4.78, 5) is 13.5. The molecule has 0 heterocycles. The second-order valence-electron chi connectivity index (χ2n) is 4.54. The summed E-state index contributed by atoms with van der Waals surface area (Å²) < 4.78 is 0. The van der Waals surface area contributed by atoms with Gasteiger partial charge in [0.2, 0.25) is 5.91 Å². The van der Waals surface area contributed by atoms with Crippen molar-refractivity contribution < 1.29 is 4.79 Å². The second-order valence-corrected chi connectivity index (χ2v) is 4.54. The van der Waals surface area contributed by atoms with E-state index in [4.69, 9.17) is 0 Å². The molecule has 0 fully saturated rings. The Morgan fingerprint density at radius 3 is 2.38 bits per heavy atom. The summed E-state index contributed by atoms with van der Waals surface area (Å²) in [5.74, 6) is 0.311. The van der Waals surface area contributed by atoms with E-state index in [1.807, 2.05) is 11.9 Å². The van der Waals surface area contributed by atoms with Crippen LogP contribution < -0.4 is 0 Å². The van der Waals surface area contributed by atoms with Crippen LogP contribution in [0.4, 0.5) is 0 Å². The number of carbonyl (C=O) groups excluding carboxylic acids is 1. The van der Waals surface area contributed by atoms with Gasteiger partial charge in [-0.1, -0.05) is 52.4 Å². The van der Waals surface area contributed by atoms with E-state index in [1.165, 1.54) is 32.1 Å². The maximum atomic E-state index is 11.7. The number of carbonyl (C=O) groups is 1. The zero-order valence-corrected chi connectivity index (χ0v) is 11.1. The van der Waals surface area contributed by atoms with Crippen LogP contribution in [-0.4, -0.2) is 24.4 Å². The molecule has 0 unspecified atom stereocenters. The van der Waals surface area contributed by atoms with Gasteiger partial charge in [-0.25, -0.2) is 0 Å². The summed E-state index contributed by atoms with van der Waals surface area (Å²) in [6.07, 6.45) is 9.98. The Morgan fingerprint density at radius 2 is 1.75 bits per heavy atom. The van der Waals surface area contributed by atoms with Crippen LogP contribution in [0.3, 0.4) is 0 Å². The highest BCUT2D eigenvalue weighted by molar-refractivity contribution is 5.75. The normalized spacial score (nSPS) is 10.4. The van der Waals surface area contributed by atoms with Crippen molar-refractivity contribution >= 4 is 5.91 Å². The van der Waals surface area contributed by atoms with Crippen molar-refractivity contribution in [3.05, 3.63) is 6.92 Å². The maximum absolute atomic E-state index is 11.7. The Hall–Kier alpha value is -0.530. The van der Waals surface area contributed by atoms with Gasteiger partial charge in [-0.05, 0) is 12.8 Å². The molecular formula is C14H28NO. The summed E-state index contributed by atoms with van der Waals surface area (Å²) in [7, 11) is 1.93. The van der Waals surface area contributed by atoms with E-state index in [2.05, 4.69) is 13.8 Å². The molecule has 0 saturated carbocycles. The molecule has 0 N–H and O–H groups in total. The van der Waals surface area contributed by atoms with Crippen molar-refractivity contribution in [1.82, 2.24) is 4.90 Å². The molecule has 0 aliphatic carbocycles. The molecule has 0 aromatic carbocycles. The van der Waals surface area contributed by atoms with E-state index < -0.39 is 0 Å². The van der Waals surface area contributed by atoms with E-state index >= 15 is 0 Å². The Bertz CT molecular complexity index is 168. The van der Waals surface area contributed by atoms with E-state index in [9.17, 15) is 4.79 Å². The van der Waals surface area contributed by atoms with Gasteiger partial charge in [0.25, 0.3) is 0 Å². The van der Waals surface area contributed by atoms with Gasteiger partial charge in [-0.3, -0.25) is 4.79 Å². The molecule has 1 amide bonds. The molecule has 0 rings (SSSR count). The highest BCUT2D eigenvalue weighted by Crippen LogP contribution is 2.05. The lowest BCUT2D eigenvalue weighted by atomic mass is 10.1. The van der Waals surface area contributed by atoms with Crippen LogP contribution >= 0.6 is 0 Å². The monoisotopic (exact) mass is 226 g/mol. The molecule has 2 heteroatoms. The maximum Gasteiger partial charge on any atom is 0.222 e. The first kappa shape index (κ1) is 15.5. The third-order valence-electron chi connectivity index (χ3n) is 2.91. The second kappa shape index (κ2) is 11.0. The number of hydrogen-bond donors (Lipinski definition) is 0. The van der Waals surface area contributed by atoms with Crippen LogP contribution in [0.1, 0.15) is 64.7 Å². The van der Waals surface area contributed by atoms with Crippen molar-refractivity contribution in [3.63, 3.8) is 0 Å². The number of amides is 1. The molecule has 0 saturated heterocycles. The Labute approximate surface area is 101 Å². The third kappa shape index (κ3) is 8.75. The van der Waals surface area contributed by atoms with Crippen molar-refractivity contribution in [2.24, 2.45) is 0 Å². The number of rotatable bonds is 10. The smallest absolute Gasteiger partial charge is 0.222 e. The fraction of sp³-hybridized carbons (Fsp3) is 0.857. The van der Waals surface area contributed by atoms with Gasteiger partial charge >= 0.3 is 0 Å². The fourth-order valence-corrected chi connectivity index (χ4v) is 1.72. The Balaban J connectivity index is 3.40. The predicted octanol–water partition coefficient (Wildman–Crippen LogP) is 3.81. The average Bonchev–Trinajstić information content (AvgIpc) is 2.28. The largest absolute Gasteiger partial charge is 0.346 e. The lowest BCUT2D eigenvalue weighted by molar-refractivity contribution is -0.130. The Morgan fingerprint density at radius 1 is 1.06 bits per heavy atom. The van der Waals surface area contributed by atoms with Crippen molar-refractivity contribution in [2.45, 2.75) is 64.7 Å². The van der Waals surface area contributed by atoms with Crippen LogP contribution in [0, 0.1) is 6.92 Å². The first-order chi connectivity index (χ1) is 7.72. The van der Waals surface area contributed by atoms with Gasteiger partial charge in [-0.2, -0.15) is 0 Å². The molecule has 0 spiro atoms. The van der Waals surface area contributed by atoms with Crippen LogP contribution in [-0.2, 0) is 4.79 Å². The molecule has 0 bridgehead atoms. The zero-order chi connectivity index (χ0) is 12.2. The first-order valence-corrected chi connectivity index (χ1v) is 6.75. The number of nitrogens with zero attached hydrogens (tertiary/aromatic N) is 1. The molecule has 0 atom stereocenters. The molecule has 1 radical (unpaired) electrons. The molecule has 0 aliphatic heterocycles. The van der Waals surface area contributed by atoms with Crippen molar-refractivity contribution in [3.8, 4) is 0 Å². The quantitative estimate of drug-likeness (QED) is 0.519. The summed E-state index contributed by atoms with van der Waals surface area (Å²) in [5, 5.41) is 0. The van der Waals surface area contributed by atoms with Gasteiger partial charge in [0.15, 0.2) is 0 Å². The van der Waals surface area contributed by atoms with Crippen LogP contribution in [0.25, 0.3) is 0 Å². The summed E-state index contributed by atoms with van der Waals surface area (Å²) >= 11 is 0.